The molecular formula is C22H23NO4S. The zero-order valence-corrected chi connectivity index (χ0v) is 16.5. The lowest BCUT2D eigenvalue weighted by Gasteiger charge is -2.44. The molecule has 0 radical (unpaired) electrons. The summed E-state index contributed by atoms with van der Waals surface area (Å²) in [7, 11) is 0. The number of aryl methyl sites for hydroxylation is 1. The van der Waals surface area contributed by atoms with Crippen LogP contribution in [0.4, 0.5) is 0 Å². The van der Waals surface area contributed by atoms with E-state index < -0.39 is 11.6 Å². The zero-order valence-electron chi connectivity index (χ0n) is 15.6. The standard InChI is InChI=1S/C22H23NO4S/c24-20(16-6-5-14-3-1-2-4-15(14)16)23-10-8-22(9-11-23)17-13-19(21(25)26)28-18(17)7-12-27-22/h1-4,13,16H,5-12H2,(H,25,26). The lowest BCUT2D eigenvalue weighted by atomic mass is 9.82. The minimum Gasteiger partial charge on any atom is -0.477 e. The Morgan fingerprint density at radius 2 is 1.96 bits per heavy atom. The molecule has 2 aromatic rings. The first-order valence-corrected chi connectivity index (χ1v) is 10.8. The maximum Gasteiger partial charge on any atom is 0.345 e. The van der Waals surface area contributed by atoms with Crippen molar-refractivity contribution in [1.29, 1.82) is 0 Å². The second-order valence-corrected chi connectivity index (χ2v) is 9.10. The Bertz CT molecular complexity index is 942. The fourth-order valence-corrected chi connectivity index (χ4v) is 6.13. The molecule has 146 valence electrons. The van der Waals surface area contributed by atoms with Crippen molar-refractivity contribution >= 4 is 23.2 Å². The first-order chi connectivity index (χ1) is 13.6. The number of aromatic carboxylic acids is 1. The molecule has 1 spiro atoms. The molecule has 28 heavy (non-hydrogen) atoms. The summed E-state index contributed by atoms with van der Waals surface area (Å²) >= 11 is 1.37. The number of piperidine rings is 1. The Hall–Kier alpha value is -2.18. The fraction of sp³-hybridized carbons (Fsp3) is 0.455. The second kappa shape index (κ2) is 6.71. The third-order valence-corrected chi connectivity index (χ3v) is 7.71. The van der Waals surface area contributed by atoms with Crippen LogP contribution < -0.4 is 0 Å². The predicted octanol–water partition coefficient (Wildman–Crippen LogP) is 3.57. The van der Waals surface area contributed by atoms with E-state index in [2.05, 4.69) is 12.1 Å². The van der Waals surface area contributed by atoms with Crippen molar-refractivity contribution in [2.75, 3.05) is 19.7 Å². The maximum absolute atomic E-state index is 13.2. The van der Waals surface area contributed by atoms with Crippen LogP contribution in [0, 0.1) is 0 Å². The molecule has 1 aromatic carbocycles. The van der Waals surface area contributed by atoms with Crippen LogP contribution >= 0.6 is 11.3 Å². The third-order valence-electron chi connectivity index (χ3n) is 6.53. The molecule has 5 nitrogen and oxygen atoms in total. The molecule has 1 aliphatic carbocycles. The Kier molecular flexibility index (Phi) is 4.29. The van der Waals surface area contributed by atoms with Gasteiger partial charge in [-0.15, -0.1) is 11.3 Å². The van der Waals surface area contributed by atoms with E-state index in [4.69, 9.17) is 4.74 Å². The lowest BCUT2D eigenvalue weighted by Crippen LogP contribution is -2.49. The molecular weight excluding hydrogens is 374 g/mol. The van der Waals surface area contributed by atoms with Crippen molar-refractivity contribution in [1.82, 2.24) is 4.90 Å². The predicted molar refractivity (Wildman–Crippen MR) is 106 cm³/mol. The van der Waals surface area contributed by atoms with Gasteiger partial charge in [-0.2, -0.15) is 0 Å². The van der Waals surface area contributed by atoms with Crippen molar-refractivity contribution in [3.63, 3.8) is 0 Å². The summed E-state index contributed by atoms with van der Waals surface area (Å²) < 4.78 is 6.21. The summed E-state index contributed by atoms with van der Waals surface area (Å²) in [6.45, 7) is 1.95. The summed E-state index contributed by atoms with van der Waals surface area (Å²) in [4.78, 5) is 28.1. The average Bonchev–Trinajstić information content (AvgIpc) is 3.34. The Morgan fingerprint density at radius 3 is 2.75 bits per heavy atom. The van der Waals surface area contributed by atoms with E-state index >= 15 is 0 Å². The molecule has 1 saturated heterocycles. The summed E-state index contributed by atoms with van der Waals surface area (Å²) in [5, 5.41) is 9.35. The Morgan fingerprint density at radius 1 is 1.18 bits per heavy atom. The second-order valence-electron chi connectivity index (χ2n) is 7.96. The van der Waals surface area contributed by atoms with Crippen LogP contribution in [0.5, 0.6) is 0 Å². The van der Waals surface area contributed by atoms with Crippen LogP contribution in [0.1, 0.15) is 56.4 Å². The van der Waals surface area contributed by atoms with Crippen molar-refractivity contribution in [3.8, 4) is 0 Å². The number of benzene rings is 1. The smallest absolute Gasteiger partial charge is 0.345 e. The van der Waals surface area contributed by atoms with E-state index in [-0.39, 0.29) is 11.8 Å². The molecule has 0 bridgehead atoms. The van der Waals surface area contributed by atoms with Crippen molar-refractivity contribution in [2.24, 2.45) is 0 Å². The fourth-order valence-electron chi connectivity index (χ4n) is 5.06. The van der Waals surface area contributed by atoms with E-state index in [1.165, 1.54) is 22.5 Å². The van der Waals surface area contributed by atoms with Gasteiger partial charge in [-0.3, -0.25) is 4.79 Å². The van der Waals surface area contributed by atoms with E-state index in [1.54, 1.807) is 6.07 Å². The Labute approximate surface area is 167 Å². The molecule has 1 amide bonds. The SMILES string of the molecule is O=C(O)c1cc2c(s1)CCOC21CCN(C(=O)C2CCc3ccccc32)CC1. The molecule has 0 saturated carbocycles. The summed E-state index contributed by atoms with van der Waals surface area (Å²) in [5.74, 6) is -0.665. The zero-order chi connectivity index (χ0) is 19.3. The van der Waals surface area contributed by atoms with E-state index in [0.29, 0.717) is 24.6 Å². The summed E-state index contributed by atoms with van der Waals surface area (Å²) in [6.07, 6.45) is 4.11. The van der Waals surface area contributed by atoms with Gasteiger partial charge >= 0.3 is 5.97 Å². The van der Waals surface area contributed by atoms with Gasteiger partial charge < -0.3 is 14.7 Å². The molecule has 1 unspecified atom stereocenters. The maximum atomic E-state index is 13.2. The average molecular weight is 397 g/mol. The number of ether oxygens (including phenoxy) is 1. The molecule has 6 heteroatoms. The van der Waals surface area contributed by atoms with Crippen molar-refractivity contribution in [3.05, 3.63) is 56.8 Å². The number of likely N-dealkylation sites (tertiary alicyclic amines) is 1. The molecule has 3 heterocycles. The number of amides is 1. The number of carbonyl (C=O) groups is 2. The van der Waals surface area contributed by atoms with Crippen LogP contribution in [-0.2, 0) is 28.0 Å². The third kappa shape index (κ3) is 2.78. The number of thiophene rings is 1. The van der Waals surface area contributed by atoms with Crippen LogP contribution in [0.15, 0.2) is 30.3 Å². The first-order valence-electron chi connectivity index (χ1n) is 9.94. The number of hydrogen-bond acceptors (Lipinski definition) is 4. The molecule has 1 atom stereocenters. The van der Waals surface area contributed by atoms with E-state index in [0.717, 1.165) is 42.5 Å². The number of nitrogens with zero attached hydrogens (tertiary/aromatic N) is 1. The molecule has 5 rings (SSSR count). The van der Waals surface area contributed by atoms with Gasteiger partial charge in [0.2, 0.25) is 5.91 Å². The largest absolute Gasteiger partial charge is 0.477 e. The lowest BCUT2D eigenvalue weighted by molar-refractivity contribution is -0.142. The van der Waals surface area contributed by atoms with Crippen molar-refractivity contribution < 1.29 is 19.4 Å². The summed E-state index contributed by atoms with van der Waals surface area (Å²) in [6, 6.07) is 10.1. The molecule has 3 aliphatic rings. The summed E-state index contributed by atoms with van der Waals surface area (Å²) in [5.41, 5.74) is 3.10. The normalized spacial score (nSPS) is 22.7. The van der Waals surface area contributed by atoms with Gasteiger partial charge in [0.05, 0.1) is 18.1 Å². The number of fused-ring (bicyclic) bond motifs is 3. The van der Waals surface area contributed by atoms with Gasteiger partial charge in [0.25, 0.3) is 0 Å². The highest BCUT2D eigenvalue weighted by atomic mass is 32.1. The first kappa shape index (κ1) is 17.9. The highest BCUT2D eigenvalue weighted by Gasteiger charge is 2.44. The van der Waals surface area contributed by atoms with Gasteiger partial charge in [0.15, 0.2) is 0 Å². The van der Waals surface area contributed by atoms with Crippen LogP contribution in [-0.4, -0.2) is 41.6 Å². The van der Waals surface area contributed by atoms with Crippen LogP contribution in [0.3, 0.4) is 0 Å². The number of carboxylic acids is 1. The van der Waals surface area contributed by atoms with Gasteiger partial charge in [-0.05, 0) is 48.4 Å². The van der Waals surface area contributed by atoms with Gasteiger partial charge in [0.1, 0.15) is 4.88 Å². The van der Waals surface area contributed by atoms with Gasteiger partial charge in [-0.1, -0.05) is 24.3 Å². The van der Waals surface area contributed by atoms with E-state index in [9.17, 15) is 14.7 Å². The Balaban J connectivity index is 1.34. The molecule has 1 fully saturated rings. The molecule has 1 aromatic heterocycles. The van der Waals surface area contributed by atoms with E-state index in [1.807, 2.05) is 17.0 Å². The van der Waals surface area contributed by atoms with Gasteiger partial charge in [-0.25, -0.2) is 4.79 Å². The molecule has 1 N–H and O–H groups in total. The number of hydrogen-bond donors (Lipinski definition) is 1. The van der Waals surface area contributed by atoms with Crippen molar-refractivity contribution in [2.45, 2.75) is 43.6 Å². The minimum absolute atomic E-state index is 0.0205. The highest BCUT2D eigenvalue weighted by molar-refractivity contribution is 7.14. The quantitative estimate of drug-likeness (QED) is 0.841. The highest BCUT2D eigenvalue weighted by Crippen LogP contribution is 2.45. The minimum atomic E-state index is -0.873. The molecule has 2 aliphatic heterocycles. The van der Waals surface area contributed by atoms with Crippen LogP contribution in [0.2, 0.25) is 0 Å². The number of rotatable bonds is 2. The monoisotopic (exact) mass is 397 g/mol. The number of carbonyl (C=O) groups excluding carboxylic acids is 1. The topological polar surface area (TPSA) is 66.8 Å². The number of carboxylic acid groups (broad SMARTS) is 1. The van der Waals surface area contributed by atoms with Crippen LogP contribution in [0.25, 0.3) is 0 Å². The van der Waals surface area contributed by atoms with Gasteiger partial charge in [0, 0.05) is 24.4 Å².